The van der Waals surface area contributed by atoms with Crippen LogP contribution >= 0.6 is 0 Å². The van der Waals surface area contributed by atoms with Crippen LogP contribution in [-0.4, -0.2) is 68.0 Å². The van der Waals surface area contributed by atoms with E-state index in [4.69, 9.17) is 4.74 Å². The normalized spacial score (nSPS) is 19.0. The van der Waals surface area contributed by atoms with E-state index < -0.39 is 0 Å². The zero-order valence-electron chi connectivity index (χ0n) is 15.5. The summed E-state index contributed by atoms with van der Waals surface area (Å²) in [6, 6.07) is 5.89. The number of carbonyl (C=O) groups excluding carboxylic acids is 2. The van der Waals surface area contributed by atoms with E-state index in [-0.39, 0.29) is 17.9 Å². The van der Waals surface area contributed by atoms with Crippen molar-refractivity contribution < 1.29 is 14.3 Å². The van der Waals surface area contributed by atoms with Crippen molar-refractivity contribution in [2.75, 3.05) is 39.2 Å². The zero-order valence-corrected chi connectivity index (χ0v) is 15.5. The fraction of sp³-hybridized carbons (Fsp3) is 0.579. The molecule has 1 aromatic rings. The van der Waals surface area contributed by atoms with Crippen molar-refractivity contribution in [3.05, 3.63) is 23.8 Å². The molecular weight excluding hydrogens is 318 g/mol. The number of anilines is 1. The van der Waals surface area contributed by atoms with Crippen molar-refractivity contribution in [2.45, 2.75) is 38.3 Å². The minimum absolute atomic E-state index is 0.0162. The Morgan fingerprint density at radius 3 is 2.60 bits per heavy atom. The summed E-state index contributed by atoms with van der Waals surface area (Å²) in [5.41, 5.74) is 1.49. The molecule has 0 N–H and O–H groups in total. The van der Waals surface area contributed by atoms with Crippen LogP contribution in [0.25, 0.3) is 0 Å². The first kappa shape index (κ1) is 17.6. The van der Waals surface area contributed by atoms with E-state index >= 15 is 0 Å². The maximum absolute atomic E-state index is 12.6. The summed E-state index contributed by atoms with van der Waals surface area (Å²) in [6.07, 6.45) is 2.68. The monoisotopic (exact) mass is 345 g/mol. The molecule has 0 spiro atoms. The lowest BCUT2D eigenvalue weighted by molar-refractivity contribution is -0.132. The molecule has 1 fully saturated rings. The third-order valence-corrected chi connectivity index (χ3v) is 5.03. The van der Waals surface area contributed by atoms with Gasteiger partial charge in [-0.3, -0.25) is 9.59 Å². The summed E-state index contributed by atoms with van der Waals surface area (Å²) in [5.74, 6) is 0.908. The molecule has 3 rings (SSSR count). The van der Waals surface area contributed by atoms with Gasteiger partial charge in [0.1, 0.15) is 12.4 Å². The zero-order chi connectivity index (χ0) is 18.1. The Balaban J connectivity index is 1.75. The smallest absolute Gasteiger partial charge is 0.253 e. The summed E-state index contributed by atoms with van der Waals surface area (Å²) < 4.78 is 5.85. The number of fused-ring (bicyclic) bond motifs is 1. The minimum atomic E-state index is -0.0414. The lowest BCUT2D eigenvalue weighted by Gasteiger charge is -2.36. The molecule has 0 saturated heterocycles. The Hall–Kier alpha value is -2.24. The summed E-state index contributed by atoms with van der Waals surface area (Å²) in [7, 11) is 5.44. The SMILES string of the molecule is CCN(C(=O)C[C@@H]1COc2ccc(C(=O)N(C)C)cc2N1C)C1CC1. The second-order valence-electron chi connectivity index (χ2n) is 7.07. The Bertz CT molecular complexity index is 670. The Morgan fingerprint density at radius 2 is 2.00 bits per heavy atom. The molecule has 1 atom stereocenters. The molecule has 1 aromatic carbocycles. The number of amides is 2. The highest BCUT2D eigenvalue weighted by molar-refractivity contribution is 5.95. The highest BCUT2D eigenvalue weighted by atomic mass is 16.5. The van der Waals surface area contributed by atoms with Gasteiger partial charge in [-0.25, -0.2) is 0 Å². The van der Waals surface area contributed by atoms with Gasteiger partial charge in [-0.2, -0.15) is 0 Å². The molecule has 25 heavy (non-hydrogen) atoms. The van der Waals surface area contributed by atoms with Crippen LogP contribution in [0.2, 0.25) is 0 Å². The van der Waals surface area contributed by atoms with Crippen LogP contribution in [0.5, 0.6) is 5.75 Å². The Labute approximate surface area is 149 Å². The van der Waals surface area contributed by atoms with Gasteiger partial charge >= 0.3 is 0 Å². The Morgan fingerprint density at radius 1 is 1.28 bits per heavy atom. The topological polar surface area (TPSA) is 53.1 Å². The van der Waals surface area contributed by atoms with Gasteiger partial charge in [-0.05, 0) is 38.0 Å². The van der Waals surface area contributed by atoms with Crippen molar-refractivity contribution in [2.24, 2.45) is 0 Å². The average Bonchev–Trinajstić information content (AvgIpc) is 3.42. The number of benzene rings is 1. The highest BCUT2D eigenvalue weighted by Crippen LogP contribution is 2.35. The third kappa shape index (κ3) is 3.57. The fourth-order valence-electron chi connectivity index (χ4n) is 3.34. The van der Waals surface area contributed by atoms with Crippen molar-refractivity contribution in [1.82, 2.24) is 9.80 Å². The van der Waals surface area contributed by atoms with Crippen LogP contribution in [0.1, 0.15) is 36.5 Å². The first-order chi connectivity index (χ1) is 11.9. The second-order valence-corrected chi connectivity index (χ2v) is 7.07. The van der Waals surface area contributed by atoms with Gasteiger partial charge < -0.3 is 19.4 Å². The number of ether oxygens (including phenoxy) is 1. The van der Waals surface area contributed by atoms with Gasteiger partial charge in [-0.15, -0.1) is 0 Å². The molecule has 0 radical (unpaired) electrons. The largest absolute Gasteiger partial charge is 0.489 e. The van der Waals surface area contributed by atoms with Crippen molar-refractivity contribution >= 4 is 17.5 Å². The predicted octanol–water partition coefficient (Wildman–Crippen LogP) is 1.99. The number of hydrogen-bond acceptors (Lipinski definition) is 4. The summed E-state index contributed by atoms with van der Waals surface area (Å²) in [5, 5.41) is 0. The maximum Gasteiger partial charge on any atom is 0.253 e. The van der Waals surface area contributed by atoms with E-state index in [9.17, 15) is 9.59 Å². The Kier molecular flexibility index (Phi) is 4.88. The predicted molar refractivity (Wildman–Crippen MR) is 97.2 cm³/mol. The number of hydrogen-bond donors (Lipinski definition) is 0. The van der Waals surface area contributed by atoms with Gasteiger partial charge in [0.25, 0.3) is 5.91 Å². The van der Waals surface area contributed by atoms with Gasteiger partial charge in [0.05, 0.1) is 18.2 Å². The van der Waals surface area contributed by atoms with Crippen LogP contribution in [0, 0.1) is 0 Å². The lowest BCUT2D eigenvalue weighted by atomic mass is 10.1. The second kappa shape index (κ2) is 6.94. The molecule has 0 unspecified atom stereocenters. The molecule has 136 valence electrons. The summed E-state index contributed by atoms with van der Waals surface area (Å²) >= 11 is 0. The number of rotatable bonds is 5. The quantitative estimate of drug-likeness (QED) is 0.819. The van der Waals surface area contributed by atoms with E-state index in [1.54, 1.807) is 25.1 Å². The molecular formula is C19H27N3O3. The molecule has 0 bridgehead atoms. The van der Waals surface area contributed by atoms with Crippen LogP contribution in [-0.2, 0) is 4.79 Å². The molecule has 1 heterocycles. The third-order valence-electron chi connectivity index (χ3n) is 5.03. The van der Waals surface area contributed by atoms with Crippen molar-refractivity contribution in [3.8, 4) is 5.75 Å². The lowest BCUT2D eigenvalue weighted by Crippen LogP contribution is -2.45. The molecule has 0 aromatic heterocycles. The van der Waals surface area contributed by atoms with Crippen LogP contribution in [0.3, 0.4) is 0 Å². The minimum Gasteiger partial charge on any atom is -0.489 e. The van der Waals surface area contributed by atoms with Gasteiger partial charge in [0.2, 0.25) is 5.91 Å². The van der Waals surface area contributed by atoms with E-state index in [0.29, 0.717) is 24.6 Å². The molecule has 6 nitrogen and oxygen atoms in total. The van der Waals surface area contributed by atoms with Crippen LogP contribution < -0.4 is 9.64 Å². The van der Waals surface area contributed by atoms with Crippen molar-refractivity contribution in [1.29, 1.82) is 0 Å². The number of nitrogens with zero attached hydrogens (tertiary/aromatic N) is 3. The molecule has 1 aliphatic carbocycles. The first-order valence-electron chi connectivity index (χ1n) is 8.93. The highest BCUT2D eigenvalue weighted by Gasteiger charge is 2.34. The van der Waals surface area contributed by atoms with Gasteiger partial charge in [0, 0.05) is 39.3 Å². The van der Waals surface area contributed by atoms with Gasteiger partial charge in [-0.1, -0.05) is 0 Å². The molecule has 6 heteroatoms. The molecule has 1 saturated carbocycles. The van der Waals surface area contributed by atoms with Crippen LogP contribution in [0.15, 0.2) is 18.2 Å². The first-order valence-corrected chi connectivity index (χ1v) is 8.93. The standard InChI is InChI=1S/C19H27N3O3/c1-5-22(14-7-8-14)18(23)11-15-12-25-17-9-6-13(19(24)20(2)3)10-16(17)21(15)4/h6,9-10,14-15H,5,7-8,11-12H2,1-4H3/t15-/m1/s1. The van der Waals surface area contributed by atoms with E-state index in [1.165, 1.54) is 0 Å². The summed E-state index contributed by atoms with van der Waals surface area (Å²) in [6.45, 7) is 3.28. The number of carbonyl (C=O) groups is 2. The maximum atomic E-state index is 12.6. The van der Waals surface area contributed by atoms with Crippen molar-refractivity contribution in [3.63, 3.8) is 0 Å². The summed E-state index contributed by atoms with van der Waals surface area (Å²) in [4.78, 5) is 30.5. The van der Waals surface area contributed by atoms with E-state index in [1.807, 2.05) is 31.0 Å². The molecule has 2 amide bonds. The van der Waals surface area contributed by atoms with Gasteiger partial charge in [0.15, 0.2) is 0 Å². The average molecular weight is 345 g/mol. The molecule has 1 aliphatic heterocycles. The number of likely N-dealkylation sites (N-methyl/N-ethyl adjacent to an activating group) is 1. The van der Waals surface area contributed by atoms with E-state index in [0.717, 1.165) is 30.8 Å². The van der Waals surface area contributed by atoms with E-state index in [2.05, 4.69) is 4.90 Å². The van der Waals surface area contributed by atoms with Crippen LogP contribution in [0.4, 0.5) is 5.69 Å². The molecule has 2 aliphatic rings. The fourth-order valence-corrected chi connectivity index (χ4v) is 3.34.